The Kier molecular flexibility index (Phi) is 3.76. The number of aromatic nitrogens is 2. The van der Waals surface area contributed by atoms with Gasteiger partial charge in [0.2, 0.25) is 0 Å². The molecular formula is C13H15ClN4O. The molecule has 0 fully saturated rings. The maximum atomic E-state index is 12.2. The van der Waals surface area contributed by atoms with Crippen LogP contribution in [0.3, 0.4) is 0 Å². The normalized spacial score (nSPS) is 10.5. The predicted molar refractivity (Wildman–Crippen MR) is 76.5 cm³/mol. The average Bonchev–Trinajstić information content (AvgIpc) is 2.65. The Morgan fingerprint density at radius 2 is 2.26 bits per heavy atom. The van der Waals surface area contributed by atoms with Gasteiger partial charge in [-0.15, -0.1) is 0 Å². The van der Waals surface area contributed by atoms with Crippen LogP contribution in [0.15, 0.2) is 24.3 Å². The van der Waals surface area contributed by atoms with Crippen molar-refractivity contribution in [3.8, 4) is 0 Å². The van der Waals surface area contributed by atoms with Crippen LogP contribution in [0.25, 0.3) is 0 Å². The Morgan fingerprint density at radius 1 is 1.53 bits per heavy atom. The number of hydrogen-bond donors (Lipinski definition) is 2. The van der Waals surface area contributed by atoms with Gasteiger partial charge < -0.3 is 11.1 Å². The molecule has 2 rings (SSSR count). The molecule has 0 saturated carbocycles. The number of carbonyl (C=O) groups excluding carboxylic acids is 1. The topological polar surface area (TPSA) is 72.9 Å². The van der Waals surface area contributed by atoms with Crippen molar-refractivity contribution in [2.45, 2.75) is 20.4 Å². The lowest BCUT2D eigenvalue weighted by atomic mass is 10.2. The minimum Gasteiger partial charge on any atom is -0.395 e. The largest absolute Gasteiger partial charge is 0.395 e. The molecule has 0 bridgehead atoms. The minimum atomic E-state index is -0.290. The summed E-state index contributed by atoms with van der Waals surface area (Å²) in [6.45, 7) is 4.26. The molecule has 6 heteroatoms. The summed E-state index contributed by atoms with van der Waals surface area (Å²) in [4.78, 5) is 12.2. The van der Waals surface area contributed by atoms with Gasteiger partial charge in [-0.25, -0.2) is 0 Å². The van der Waals surface area contributed by atoms with Crippen molar-refractivity contribution in [3.05, 3.63) is 40.7 Å². The first kappa shape index (κ1) is 13.4. The van der Waals surface area contributed by atoms with Crippen LogP contribution < -0.4 is 11.1 Å². The van der Waals surface area contributed by atoms with Crippen LogP contribution in [0.4, 0.5) is 11.4 Å². The molecule has 3 N–H and O–H groups in total. The summed E-state index contributed by atoms with van der Waals surface area (Å²) in [5, 5.41) is 7.54. The highest BCUT2D eigenvalue weighted by Gasteiger charge is 2.19. The SMILES string of the molecule is CCn1nc(C)c(N)c1C(=O)Nc1cccc(Cl)c1. The van der Waals surface area contributed by atoms with Gasteiger partial charge in [-0.1, -0.05) is 17.7 Å². The van der Waals surface area contributed by atoms with Gasteiger partial charge >= 0.3 is 0 Å². The van der Waals surface area contributed by atoms with Gasteiger partial charge in [0, 0.05) is 17.3 Å². The number of aryl methyl sites for hydroxylation is 2. The third-order valence-corrected chi connectivity index (χ3v) is 3.01. The first-order valence-corrected chi connectivity index (χ1v) is 6.30. The Hall–Kier alpha value is -2.01. The summed E-state index contributed by atoms with van der Waals surface area (Å²) in [6, 6.07) is 6.95. The molecule has 0 aliphatic rings. The van der Waals surface area contributed by atoms with Gasteiger partial charge in [0.25, 0.3) is 5.91 Å². The number of hydrogen-bond acceptors (Lipinski definition) is 3. The fourth-order valence-electron chi connectivity index (χ4n) is 1.82. The van der Waals surface area contributed by atoms with E-state index < -0.39 is 0 Å². The fourth-order valence-corrected chi connectivity index (χ4v) is 2.01. The van der Waals surface area contributed by atoms with Crippen molar-refractivity contribution in [2.75, 3.05) is 11.1 Å². The zero-order valence-electron chi connectivity index (χ0n) is 10.8. The molecule has 0 unspecified atom stereocenters. The second-order valence-electron chi connectivity index (χ2n) is 4.13. The number of rotatable bonds is 3. The number of nitrogens with one attached hydrogen (secondary N) is 1. The highest BCUT2D eigenvalue weighted by atomic mass is 35.5. The third kappa shape index (κ3) is 2.71. The van der Waals surface area contributed by atoms with Crippen molar-refractivity contribution < 1.29 is 4.79 Å². The van der Waals surface area contributed by atoms with E-state index in [0.717, 1.165) is 0 Å². The summed E-state index contributed by atoms with van der Waals surface area (Å²) in [6.07, 6.45) is 0. The third-order valence-electron chi connectivity index (χ3n) is 2.77. The maximum absolute atomic E-state index is 12.2. The van der Waals surface area contributed by atoms with Gasteiger partial charge in [-0.2, -0.15) is 5.10 Å². The summed E-state index contributed by atoms with van der Waals surface area (Å²) in [5.74, 6) is -0.290. The number of anilines is 2. The van der Waals surface area contributed by atoms with Crippen LogP contribution in [-0.4, -0.2) is 15.7 Å². The Balaban J connectivity index is 2.30. The molecule has 1 aromatic heterocycles. The Morgan fingerprint density at radius 3 is 2.89 bits per heavy atom. The fraction of sp³-hybridized carbons (Fsp3) is 0.231. The van der Waals surface area contributed by atoms with E-state index in [-0.39, 0.29) is 5.91 Å². The first-order chi connectivity index (χ1) is 9.02. The Labute approximate surface area is 116 Å². The average molecular weight is 279 g/mol. The molecule has 0 radical (unpaired) electrons. The Bertz CT molecular complexity index is 621. The first-order valence-electron chi connectivity index (χ1n) is 5.92. The summed E-state index contributed by atoms with van der Waals surface area (Å²) >= 11 is 5.87. The zero-order chi connectivity index (χ0) is 14.0. The van der Waals surface area contributed by atoms with Crippen molar-refractivity contribution in [1.82, 2.24) is 9.78 Å². The van der Waals surface area contributed by atoms with Crippen LogP contribution in [0.2, 0.25) is 5.02 Å². The predicted octanol–water partition coefficient (Wildman–Crippen LogP) is 2.70. The van der Waals surface area contributed by atoms with Crippen LogP contribution in [0.1, 0.15) is 23.1 Å². The summed E-state index contributed by atoms with van der Waals surface area (Å²) < 4.78 is 1.59. The number of halogens is 1. The molecule has 0 spiro atoms. The molecule has 0 atom stereocenters. The van der Waals surface area contributed by atoms with Crippen LogP contribution in [-0.2, 0) is 6.54 Å². The smallest absolute Gasteiger partial charge is 0.276 e. The molecule has 0 saturated heterocycles. The van der Waals surface area contributed by atoms with E-state index in [9.17, 15) is 4.79 Å². The minimum absolute atomic E-state index is 0.290. The molecule has 1 aromatic carbocycles. The highest BCUT2D eigenvalue weighted by Crippen LogP contribution is 2.20. The van der Waals surface area contributed by atoms with Gasteiger partial charge in [0.15, 0.2) is 0 Å². The molecule has 1 heterocycles. The number of benzene rings is 1. The van der Waals surface area contributed by atoms with Gasteiger partial charge in [-0.05, 0) is 32.0 Å². The lowest BCUT2D eigenvalue weighted by Crippen LogP contribution is -2.18. The highest BCUT2D eigenvalue weighted by molar-refractivity contribution is 6.31. The zero-order valence-corrected chi connectivity index (χ0v) is 11.5. The van der Waals surface area contributed by atoms with Crippen molar-refractivity contribution in [2.24, 2.45) is 0 Å². The number of nitrogens with zero attached hydrogens (tertiary/aromatic N) is 2. The van der Waals surface area contributed by atoms with E-state index in [1.54, 1.807) is 35.9 Å². The van der Waals surface area contributed by atoms with E-state index in [0.29, 0.717) is 34.3 Å². The quantitative estimate of drug-likeness (QED) is 0.907. The van der Waals surface area contributed by atoms with Crippen LogP contribution >= 0.6 is 11.6 Å². The lowest BCUT2D eigenvalue weighted by Gasteiger charge is -2.07. The maximum Gasteiger partial charge on any atom is 0.276 e. The van der Waals surface area contributed by atoms with E-state index in [2.05, 4.69) is 10.4 Å². The molecule has 1 amide bonds. The van der Waals surface area contributed by atoms with E-state index in [4.69, 9.17) is 17.3 Å². The van der Waals surface area contributed by atoms with Gasteiger partial charge in [0.1, 0.15) is 5.69 Å². The van der Waals surface area contributed by atoms with E-state index in [1.807, 2.05) is 6.92 Å². The number of amides is 1. The summed E-state index contributed by atoms with van der Waals surface area (Å²) in [7, 11) is 0. The van der Waals surface area contributed by atoms with Crippen molar-refractivity contribution in [1.29, 1.82) is 0 Å². The summed E-state index contributed by atoms with van der Waals surface area (Å²) in [5.41, 5.74) is 7.95. The van der Waals surface area contributed by atoms with E-state index >= 15 is 0 Å². The number of nitrogen functional groups attached to an aromatic ring is 1. The molecule has 0 aliphatic carbocycles. The van der Waals surface area contributed by atoms with Crippen LogP contribution in [0, 0.1) is 6.92 Å². The molecule has 100 valence electrons. The van der Waals surface area contributed by atoms with Gasteiger partial charge in [0.05, 0.1) is 11.4 Å². The van der Waals surface area contributed by atoms with E-state index in [1.165, 1.54) is 0 Å². The molecule has 0 aliphatic heterocycles. The lowest BCUT2D eigenvalue weighted by molar-refractivity contribution is 0.101. The monoisotopic (exact) mass is 278 g/mol. The van der Waals surface area contributed by atoms with Gasteiger partial charge in [-0.3, -0.25) is 9.48 Å². The van der Waals surface area contributed by atoms with Crippen molar-refractivity contribution >= 4 is 28.9 Å². The second kappa shape index (κ2) is 5.32. The second-order valence-corrected chi connectivity index (χ2v) is 4.56. The number of nitrogens with two attached hydrogens (primary N) is 1. The standard InChI is InChI=1S/C13H15ClN4O/c1-3-18-12(11(15)8(2)17-18)13(19)16-10-6-4-5-9(14)7-10/h4-7H,3,15H2,1-2H3,(H,16,19). The molecule has 2 aromatic rings. The molecule has 5 nitrogen and oxygen atoms in total. The number of carbonyl (C=O) groups is 1. The van der Waals surface area contributed by atoms with Crippen LogP contribution in [0.5, 0.6) is 0 Å². The van der Waals surface area contributed by atoms with Crippen molar-refractivity contribution in [3.63, 3.8) is 0 Å². The molecular weight excluding hydrogens is 264 g/mol. The molecule has 19 heavy (non-hydrogen) atoms.